The van der Waals surface area contributed by atoms with Gasteiger partial charge in [0.15, 0.2) is 0 Å². The fourth-order valence-corrected chi connectivity index (χ4v) is 3.88. The molecule has 0 saturated heterocycles. The number of nitrogens with zero attached hydrogens (tertiary/aromatic N) is 2. The van der Waals surface area contributed by atoms with E-state index in [1.807, 2.05) is 32.9 Å². The summed E-state index contributed by atoms with van der Waals surface area (Å²) >= 11 is 0. The molecule has 0 saturated carbocycles. The van der Waals surface area contributed by atoms with Crippen LogP contribution in [0.2, 0.25) is 0 Å². The molecular weight excluding hydrogens is 332 g/mol. The van der Waals surface area contributed by atoms with Crippen LogP contribution in [0.15, 0.2) is 33.6 Å². The maximum absolute atomic E-state index is 12.7. The van der Waals surface area contributed by atoms with Gasteiger partial charge in [-0.05, 0) is 39.3 Å². The summed E-state index contributed by atoms with van der Waals surface area (Å²) in [5.74, 6) is 0.695. The molecule has 1 aromatic carbocycles. The van der Waals surface area contributed by atoms with Gasteiger partial charge in [-0.25, -0.2) is 0 Å². The highest BCUT2D eigenvalue weighted by molar-refractivity contribution is 7.90. The largest absolute Gasteiger partial charge is 0.360 e. The molecule has 0 aliphatic rings. The summed E-state index contributed by atoms with van der Waals surface area (Å²) < 4.78 is 29.5. The Morgan fingerprint density at radius 1 is 0.920 bits per heavy atom. The fraction of sp³-hybridized carbons (Fsp3) is 0.650. The van der Waals surface area contributed by atoms with Crippen LogP contribution >= 0.6 is 0 Å². The van der Waals surface area contributed by atoms with Crippen molar-refractivity contribution in [1.82, 2.24) is 4.90 Å². The van der Waals surface area contributed by atoms with E-state index in [9.17, 15) is 8.42 Å². The monoisotopic (exact) mass is 366 g/mol. The van der Waals surface area contributed by atoms with Gasteiger partial charge in [0, 0.05) is 19.5 Å². The van der Waals surface area contributed by atoms with Gasteiger partial charge in [-0.1, -0.05) is 56.7 Å². The van der Waals surface area contributed by atoms with Crippen molar-refractivity contribution in [2.24, 2.45) is 4.40 Å². The van der Waals surface area contributed by atoms with Gasteiger partial charge in [-0.3, -0.25) is 0 Å². The predicted octanol–water partition coefficient (Wildman–Crippen LogP) is 5.17. The van der Waals surface area contributed by atoms with Gasteiger partial charge in [0.1, 0.15) is 5.84 Å². The molecule has 4 nitrogen and oxygen atoms in total. The average molecular weight is 367 g/mol. The standard InChI is InChI=1S/C20H34N2O2S/c1-5-8-9-10-11-12-13-20(22(6-2)7-3)21-25(23,24)19-16-14-18(4)15-17-19/h14-17H,5-13H2,1-4H3/b21-20+. The second-order valence-corrected chi connectivity index (χ2v) is 8.09. The highest BCUT2D eigenvalue weighted by Gasteiger charge is 2.17. The van der Waals surface area contributed by atoms with Crippen LogP contribution in [0.25, 0.3) is 0 Å². The second kappa shape index (κ2) is 11.3. The van der Waals surface area contributed by atoms with E-state index in [1.54, 1.807) is 12.1 Å². The summed E-state index contributed by atoms with van der Waals surface area (Å²) in [4.78, 5) is 2.32. The minimum Gasteiger partial charge on any atom is -0.360 e. The van der Waals surface area contributed by atoms with Crippen molar-refractivity contribution >= 4 is 15.9 Å². The molecule has 142 valence electrons. The van der Waals surface area contributed by atoms with Crippen LogP contribution in [-0.2, 0) is 10.0 Å². The number of aryl methyl sites for hydroxylation is 1. The summed E-state index contributed by atoms with van der Waals surface area (Å²) in [6.07, 6.45) is 7.83. The zero-order valence-corrected chi connectivity index (χ0v) is 17.1. The Morgan fingerprint density at radius 3 is 2.04 bits per heavy atom. The predicted molar refractivity (Wildman–Crippen MR) is 107 cm³/mol. The molecule has 0 spiro atoms. The van der Waals surface area contributed by atoms with Crippen molar-refractivity contribution in [1.29, 1.82) is 0 Å². The first kappa shape index (κ1) is 21.7. The fourth-order valence-electron chi connectivity index (χ4n) is 2.82. The molecule has 0 aromatic heterocycles. The zero-order valence-electron chi connectivity index (χ0n) is 16.3. The number of amidine groups is 1. The molecule has 1 aromatic rings. The number of benzene rings is 1. The summed E-state index contributed by atoms with van der Waals surface area (Å²) in [5, 5.41) is 0. The molecule has 0 aliphatic carbocycles. The normalized spacial score (nSPS) is 12.4. The van der Waals surface area contributed by atoms with Gasteiger partial charge in [-0.15, -0.1) is 4.40 Å². The van der Waals surface area contributed by atoms with Gasteiger partial charge >= 0.3 is 0 Å². The minimum atomic E-state index is -3.65. The number of unbranched alkanes of at least 4 members (excludes halogenated alkanes) is 5. The molecule has 0 amide bonds. The summed E-state index contributed by atoms with van der Waals surface area (Å²) in [5.41, 5.74) is 1.04. The molecule has 25 heavy (non-hydrogen) atoms. The lowest BCUT2D eigenvalue weighted by Crippen LogP contribution is -2.31. The first-order valence-electron chi connectivity index (χ1n) is 9.60. The van der Waals surface area contributed by atoms with E-state index in [4.69, 9.17) is 0 Å². The van der Waals surface area contributed by atoms with Gasteiger partial charge < -0.3 is 4.90 Å². The first-order valence-corrected chi connectivity index (χ1v) is 11.0. The molecule has 0 aliphatic heterocycles. The van der Waals surface area contributed by atoms with Gasteiger partial charge in [0.05, 0.1) is 4.90 Å². The Kier molecular flexibility index (Phi) is 9.79. The van der Waals surface area contributed by atoms with Crippen LogP contribution in [-0.4, -0.2) is 32.2 Å². The molecule has 0 bridgehead atoms. The molecular formula is C20H34N2O2S. The lowest BCUT2D eigenvalue weighted by molar-refractivity contribution is 0.451. The molecule has 0 N–H and O–H groups in total. The highest BCUT2D eigenvalue weighted by Crippen LogP contribution is 2.16. The van der Waals surface area contributed by atoms with Crippen LogP contribution in [0.4, 0.5) is 0 Å². The van der Waals surface area contributed by atoms with Crippen molar-refractivity contribution in [2.45, 2.75) is 77.5 Å². The Hall–Kier alpha value is -1.36. The maximum atomic E-state index is 12.7. The Balaban J connectivity index is 2.86. The van der Waals surface area contributed by atoms with E-state index in [1.165, 1.54) is 25.7 Å². The Bertz CT molecular complexity index is 618. The molecule has 5 heteroatoms. The maximum Gasteiger partial charge on any atom is 0.283 e. The van der Waals surface area contributed by atoms with Crippen LogP contribution in [0.5, 0.6) is 0 Å². The number of rotatable bonds is 11. The molecule has 1 rings (SSSR count). The summed E-state index contributed by atoms with van der Waals surface area (Å²) in [6.45, 7) is 9.78. The highest BCUT2D eigenvalue weighted by atomic mass is 32.2. The molecule has 0 heterocycles. The second-order valence-electron chi connectivity index (χ2n) is 6.49. The first-order chi connectivity index (χ1) is 11.9. The van der Waals surface area contributed by atoms with Crippen molar-refractivity contribution in [3.8, 4) is 0 Å². The van der Waals surface area contributed by atoms with E-state index in [0.29, 0.717) is 5.84 Å². The van der Waals surface area contributed by atoms with E-state index >= 15 is 0 Å². The third kappa shape index (κ3) is 7.59. The van der Waals surface area contributed by atoms with E-state index in [-0.39, 0.29) is 4.90 Å². The number of hydrogen-bond donors (Lipinski definition) is 0. The molecule has 0 atom stereocenters. The van der Waals surface area contributed by atoms with Crippen molar-refractivity contribution < 1.29 is 8.42 Å². The van der Waals surface area contributed by atoms with Gasteiger partial charge in [0.2, 0.25) is 0 Å². The lowest BCUT2D eigenvalue weighted by Gasteiger charge is -2.23. The lowest BCUT2D eigenvalue weighted by atomic mass is 10.1. The quantitative estimate of drug-likeness (QED) is 0.308. The summed E-state index contributed by atoms with van der Waals surface area (Å²) in [6, 6.07) is 6.90. The van der Waals surface area contributed by atoms with Crippen LogP contribution in [0.3, 0.4) is 0 Å². The van der Waals surface area contributed by atoms with E-state index in [2.05, 4.69) is 16.2 Å². The smallest absolute Gasteiger partial charge is 0.283 e. The Morgan fingerprint density at radius 2 is 1.48 bits per heavy atom. The van der Waals surface area contributed by atoms with E-state index in [0.717, 1.165) is 37.9 Å². The van der Waals surface area contributed by atoms with Crippen molar-refractivity contribution in [2.75, 3.05) is 13.1 Å². The third-order valence-electron chi connectivity index (χ3n) is 4.43. The SMILES string of the molecule is CCCCCCCC/C(=N\S(=O)(=O)c1ccc(C)cc1)N(CC)CC. The molecule has 0 fully saturated rings. The molecule has 0 unspecified atom stereocenters. The summed E-state index contributed by atoms with van der Waals surface area (Å²) in [7, 11) is -3.65. The topological polar surface area (TPSA) is 49.7 Å². The number of hydrogen-bond acceptors (Lipinski definition) is 2. The molecule has 0 radical (unpaired) electrons. The van der Waals surface area contributed by atoms with Crippen LogP contribution in [0.1, 0.15) is 71.3 Å². The van der Waals surface area contributed by atoms with Crippen LogP contribution in [0, 0.1) is 6.92 Å². The van der Waals surface area contributed by atoms with Crippen molar-refractivity contribution in [3.63, 3.8) is 0 Å². The number of sulfonamides is 1. The Labute approximate surface area is 154 Å². The third-order valence-corrected chi connectivity index (χ3v) is 5.75. The average Bonchev–Trinajstić information content (AvgIpc) is 2.59. The van der Waals surface area contributed by atoms with Gasteiger partial charge in [-0.2, -0.15) is 8.42 Å². The van der Waals surface area contributed by atoms with Crippen LogP contribution < -0.4 is 0 Å². The van der Waals surface area contributed by atoms with Crippen molar-refractivity contribution in [3.05, 3.63) is 29.8 Å². The van der Waals surface area contributed by atoms with Gasteiger partial charge in [0.25, 0.3) is 10.0 Å². The van der Waals surface area contributed by atoms with E-state index < -0.39 is 10.0 Å². The minimum absolute atomic E-state index is 0.269. The zero-order chi connectivity index (χ0) is 18.7.